The molecule has 2 aromatic carbocycles. The Kier molecular flexibility index (Phi) is 5.32. The Balaban J connectivity index is 1.37. The third-order valence-corrected chi connectivity index (χ3v) is 4.45. The largest absolute Gasteiger partial charge is 0.352 e. The van der Waals surface area contributed by atoms with Crippen molar-refractivity contribution in [3.63, 3.8) is 0 Å². The van der Waals surface area contributed by atoms with Gasteiger partial charge in [0.1, 0.15) is 0 Å². The average molecular weight is 325 g/mol. The van der Waals surface area contributed by atoms with E-state index in [2.05, 4.69) is 15.3 Å². The van der Waals surface area contributed by atoms with Crippen molar-refractivity contribution in [2.45, 2.75) is 24.5 Å². The summed E-state index contributed by atoms with van der Waals surface area (Å²) in [5.41, 5.74) is 3.16. The second-order valence-electron chi connectivity index (χ2n) is 5.27. The minimum atomic E-state index is 0.0964. The van der Waals surface area contributed by atoms with Crippen molar-refractivity contribution in [3.8, 4) is 0 Å². The van der Waals surface area contributed by atoms with E-state index in [0.717, 1.165) is 33.9 Å². The number of imidazole rings is 1. The second kappa shape index (κ2) is 7.83. The molecule has 3 aromatic rings. The molecular formula is C18H19N3OS. The molecule has 0 radical (unpaired) electrons. The number of carbonyl (C=O) groups is 1. The molecule has 23 heavy (non-hydrogen) atoms. The highest BCUT2D eigenvalue weighted by Crippen LogP contribution is 2.20. The van der Waals surface area contributed by atoms with Gasteiger partial charge in [-0.1, -0.05) is 54.2 Å². The summed E-state index contributed by atoms with van der Waals surface area (Å²) >= 11 is 1.66. The van der Waals surface area contributed by atoms with Crippen LogP contribution in [0.15, 0.2) is 59.8 Å². The van der Waals surface area contributed by atoms with Gasteiger partial charge in [-0.2, -0.15) is 0 Å². The van der Waals surface area contributed by atoms with Gasteiger partial charge >= 0.3 is 0 Å². The molecule has 0 atom stereocenters. The van der Waals surface area contributed by atoms with Gasteiger partial charge in [-0.05, 0) is 24.1 Å². The first kappa shape index (κ1) is 15.6. The third kappa shape index (κ3) is 4.60. The molecule has 1 heterocycles. The zero-order valence-electron chi connectivity index (χ0n) is 12.8. The van der Waals surface area contributed by atoms with Crippen LogP contribution in [0.25, 0.3) is 11.0 Å². The fraction of sp³-hybridized carbons (Fsp3) is 0.222. The molecule has 0 aliphatic heterocycles. The molecule has 0 fully saturated rings. The van der Waals surface area contributed by atoms with Crippen molar-refractivity contribution in [3.05, 3.63) is 60.2 Å². The van der Waals surface area contributed by atoms with Crippen molar-refractivity contribution in [1.29, 1.82) is 0 Å². The van der Waals surface area contributed by atoms with Crippen LogP contribution in [-0.2, 0) is 11.3 Å². The summed E-state index contributed by atoms with van der Waals surface area (Å²) in [7, 11) is 0. The molecule has 1 amide bonds. The highest BCUT2D eigenvalue weighted by molar-refractivity contribution is 7.99. The average Bonchev–Trinajstić information content (AvgIpc) is 3.00. The van der Waals surface area contributed by atoms with Crippen molar-refractivity contribution in [1.82, 2.24) is 15.3 Å². The maximum absolute atomic E-state index is 11.8. The van der Waals surface area contributed by atoms with Crippen LogP contribution in [0.2, 0.25) is 0 Å². The number of carbonyl (C=O) groups excluding carboxylic acids is 1. The number of para-hydroxylation sites is 2. The Hall–Kier alpha value is -2.27. The van der Waals surface area contributed by atoms with Crippen LogP contribution in [0, 0.1) is 0 Å². The van der Waals surface area contributed by atoms with Gasteiger partial charge in [0.05, 0.1) is 11.0 Å². The third-order valence-electron chi connectivity index (χ3n) is 3.49. The van der Waals surface area contributed by atoms with Crippen molar-refractivity contribution in [2.75, 3.05) is 5.75 Å². The molecular weight excluding hydrogens is 306 g/mol. The first-order chi connectivity index (χ1) is 11.3. The van der Waals surface area contributed by atoms with E-state index in [1.165, 1.54) is 0 Å². The van der Waals surface area contributed by atoms with Crippen LogP contribution >= 0.6 is 11.8 Å². The van der Waals surface area contributed by atoms with Crippen LogP contribution in [0.3, 0.4) is 0 Å². The van der Waals surface area contributed by atoms with E-state index in [9.17, 15) is 4.79 Å². The normalized spacial score (nSPS) is 10.8. The molecule has 0 saturated heterocycles. The zero-order valence-corrected chi connectivity index (χ0v) is 13.6. The smallest absolute Gasteiger partial charge is 0.220 e. The fourth-order valence-corrected chi connectivity index (χ4v) is 3.11. The van der Waals surface area contributed by atoms with Crippen molar-refractivity contribution in [2.24, 2.45) is 0 Å². The van der Waals surface area contributed by atoms with Gasteiger partial charge in [0.15, 0.2) is 5.16 Å². The molecule has 0 aliphatic carbocycles. The molecule has 3 rings (SSSR count). The number of H-pyrrole nitrogens is 1. The highest BCUT2D eigenvalue weighted by atomic mass is 32.2. The lowest BCUT2D eigenvalue weighted by molar-refractivity contribution is -0.121. The summed E-state index contributed by atoms with van der Waals surface area (Å²) in [4.78, 5) is 19.6. The fourth-order valence-electron chi connectivity index (χ4n) is 2.28. The SMILES string of the molecule is O=C(CCCSc1nc2ccccc2[nH]1)NCc1ccccc1. The topological polar surface area (TPSA) is 57.8 Å². The van der Waals surface area contributed by atoms with Crippen LogP contribution in [-0.4, -0.2) is 21.6 Å². The van der Waals surface area contributed by atoms with Gasteiger partial charge in [-0.3, -0.25) is 4.79 Å². The number of fused-ring (bicyclic) bond motifs is 1. The van der Waals surface area contributed by atoms with Crippen molar-refractivity contribution >= 4 is 28.7 Å². The maximum Gasteiger partial charge on any atom is 0.220 e. The quantitative estimate of drug-likeness (QED) is 0.514. The predicted molar refractivity (Wildman–Crippen MR) is 94.3 cm³/mol. The number of amides is 1. The predicted octanol–water partition coefficient (Wildman–Crippen LogP) is 3.75. The molecule has 1 aromatic heterocycles. The summed E-state index contributed by atoms with van der Waals surface area (Å²) < 4.78 is 0. The number of nitrogens with one attached hydrogen (secondary N) is 2. The molecule has 0 unspecified atom stereocenters. The van der Waals surface area contributed by atoms with E-state index in [-0.39, 0.29) is 5.91 Å². The summed E-state index contributed by atoms with van der Waals surface area (Å²) in [6.07, 6.45) is 1.38. The standard InChI is InChI=1S/C18H19N3OS/c22-17(19-13-14-7-2-1-3-8-14)11-6-12-23-18-20-15-9-4-5-10-16(15)21-18/h1-5,7-10H,6,11-13H2,(H,19,22)(H,20,21). The van der Waals surface area contributed by atoms with Crippen LogP contribution in [0.1, 0.15) is 18.4 Å². The molecule has 118 valence electrons. The number of hydrogen-bond acceptors (Lipinski definition) is 3. The number of nitrogens with zero attached hydrogens (tertiary/aromatic N) is 1. The van der Waals surface area contributed by atoms with E-state index in [4.69, 9.17) is 0 Å². The van der Waals surface area contributed by atoms with Gasteiger partial charge in [0, 0.05) is 18.7 Å². The Morgan fingerprint density at radius 3 is 2.70 bits per heavy atom. The number of rotatable bonds is 7. The molecule has 4 nitrogen and oxygen atoms in total. The van der Waals surface area contributed by atoms with E-state index < -0.39 is 0 Å². The lowest BCUT2D eigenvalue weighted by Gasteiger charge is -2.04. The van der Waals surface area contributed by atoms with Crippen LogP contribution < -0.4 is 5.32 Å². The number of hydrogen-bond donors (Lipinski definition) is 2. The minimum Gasteiger partial charge on any atom is -0.352 e. The first-order valence-electron chi connectivity index (χ1n) is 7.69. The second-order valence-corrected chi connectivity index (χ2v) is 6.36. The molecule has 0 aliphatic rings. The van der Waals surface area contributed by atoms with Gasteiger partial charge in [-0.25, -0.2) is 4.98 Å². The summed E-state index contributed by atoms with van der Waals surface area (Å²) in [5.74, 6) is 0.970. The van der Waals surface area contributed by atoms with E-state index >= 15 is 0 Å². The Morgan fingerprint density at radius 1 is 1.09 bits per heavy atom. The first-order valence-corrected chi connectivity index (χ1v) is 8.68. The van der Waals surface area contributed by atoms with Gasteiger partial charge in [-0.15, -0.1) is 0 Å². The molecule has 0 spiro atoms. The highest BCUT2D eigenvalue weighted by Gasteiger charge is 2.04. The lowest BCUT2D eigenvalue weighted by atomic mass is 10.2. The Bertz CT molecular complexity index is 737. The lowest BCUT2D eigenvalue weighted by Crippen LogP contribution is -2.22. The number of aromatic nitrogens is 2. The zero-order chi connectivity index (χ0) is 15.9. The number of aromatic amines is 1. The Morgan fingerprint density at radius 2 is 1.87 bits per heavy atom. The Labute approximate surface area is 139 Å². The summed E-state index contributed by atoms with van der Waals surface area (Å²) in [6, 6.07) is 17.9. The number of thioether (sulfide) groups is 1. The maximum atomic E-state index is 11.8. The molecule has 0 bridgehead atoms. The summed E-state index contributed by atoms with van der Waals surface area (Å²) in [5, 5.41) is 3.86. The van der Waals surface area contributed by atoms with Gasteiger partial charge in [0.25, 0.3) is 0 Å². The monoisotopic (exact) mass is 325 g/mol. The van der Waals surface area contributed by atoms with Crippen molar-refractivity contribution < 1.29 is 4.79 Å². The summed E-state index contributed by atoms with van der Waals surface area (Å²) in [6.45, 7) is 0.594. The molecule has 2 N–H and O–H groups in total. The van der Waals surface area contributed by atoms with Crippen LogP contribution in [0.4, 0.5) is 0 Å². The van der Waals surface area contributed by atoms with Crippen LogP contribution in [0.5, 0.6) is 0 Å². The van der Waals surface area contributed by atoms with E-state index in [1.54, 1.807) is 11.8 Å². The minimum absolute atomic E-state index is 0.0964. The molecule has 0 saturated carbocycles. The number of benzene rings is 2. The van der Waals surface area contributed by atoms with Gasteiger partial charge < -0.3 is 10.3 Å². The van der Waals surface area contributed by atoms with Gasteiger partial charge in [0.2, 0.25) is 5.91 Å². The molecule has 5 heteroatoms. The van der Waals surface area contributed by atoms with E-state index in [1.807, 2.05) is 54.6 Å². The van der Waals surface area contributed by atoms with E-state index in [0.29, 0.717) is 13.0 Å².